The number of hydrogen-bond acceptors (Lipinski definition) is 3. The fourth-order valence-electron chi connectivity index (χ4n) is 1.61. The molecule has 1 saturated carbocycles. The molecule has 4 heteroatoms. The van der Waals surface area contributed by atoms with Crippen molar-refractivity contribution in [2.24, 2.45) is 18.9 Å². The van der Waals surface area contributed by atoms with E-state index in [0.717, 1.165) is 12.8 Å². The Hall–Kier alpha value is -1.45. The summed E-state index contributed by atoms with van der Waals surface area (Å²) in [5.74, 6) is -0.488. The Morgan fingerprint density at radius 3 is 2.67 bits per heavy atom. The third-order valence-corrected chi connectivity index (χ3v) is 2.76. The molecule has 1 atom stereocenters. The molecule has 1 unspecified atom stereocenters. The van der Waals surface area contributed by atoms with Crippen molar-refractivity contribution in [1.82, 2.24) is 9.55 Å². The summed E-state index contributed by atoms with van der Waals surface area (Å²) in [5, 5.41) is 0. The first kappa shape index (κ1) is 10.1. The van der Waals surface area contributed by atoms with E-state index in [9.17, 15) is 9.59 Å². The van der Waals surface area contributed by atoms with E-state index < -0.39 is 5.92 Å². The van der Waals surface area contributed by atoms with Crippen LogP contribution in [-0.2, 0) is 11.8 Å². The van der Waals surface area contributed by atoms with Gasteiger partial charge < -0.3 is 4.57 Å². The van der Waals surface area contributed by atoms with Crippen LogP contribution in [-0.4, -0.2) is 21.1 Å². The molecule has 0 saturated heterocycles. The van der Waals surface area contributed by atoms with Crippen LogP contribution in [0.5, 0.6) is 0 Å². The number of ketones is 2. The molecule has 4 nitrogen and oxygen atoms in total. The van der Waals surface area contributed by atoms with Crippen LogP contribution in [0.1, 0.15) is 30.3 Å². The first-order valence-corrected chi connectivity index (χ1v) is 5.15. The summed E-state index contributed by atoms with van der Waals surface area (Å²) >= 11 is 0. The molecule has 0 amide bonds. The van der Waals surface area contributed by atoms with Gasteiger partial charge in [0.1, 0.15) is 11.5 Å². The molecular formula is C11H14N2O2. The molecule has 0 aliphatic heterocycles. The molecule has 0 spiro atoms. The molecule has 1 fully saturated rings. The lowest BCUT2D eigenvalue weighted by atomic mass is 9.96. The summed E-state index contributed by atoms with van der Waals surface area (Å²) in [6.45, 7) is 1.68. The van der Waals surface area contributed by atoms with Crippen LogP contribution in [0.2, 0.25) is 0 Å². The first-order valence-electron chi connectivity index (χ1n) is 5.15. The van der Waals surface area contributed by atoms with Crippen molar-refractivity contribution < 1.29 is 9.59 Å². The van der Waals surface area contributed by atoms with E-state index in [1.807, 2.05) is 0 Å². The topological polar surface area (TPSA) is 52.0 Å². The van der Waals surface area contributed by atoms with Crippen molar-refractivity contribution in [2.45, 2.75) is 19.8 Å². The van der Waals surface area contributed by atoms with Gasteiger partial charge in [-0.2, -0.15) is 0 Å². The minimum atomic E-state index is -0.535. The van der Waals surface area contributed by atoms with Crippen molar-refractivity contribution in [1.29, 1.82) is 0 Å². The van der Waals surface area contributed by atoms with Gasteiger partial charge >= 0.3 is 0 Å². The number of carbonyl (C=O) groups is 2. The molecule has 1 heterocycles. The quantitative estimate of drug-likeness (QED) is 0.549. The lowest BCUT2D eigenvalue weighted by Gasteiger charge is -2.05. The van der Waals surface area contributed by atoms with Crippen molar-refractivity contribution in [3.05, 3.63) is 18.2 Å². The Labute approximate surface area is 88.3 Å². The molecule has 80 valence electrons. The highest BCUT2D eigenvalue weighted by Crippen LogP contribution is 2.33. The van der Waals surface area contributed by atoms with Gasteiger partial charge in [0.15, 0.2) is 5.78 Å². The van der Waals surface area contributed by atoms with Crippen LogP contribution in [0, 0.1) is 11.8 Å². The smallest absolute Gasteiger partial charge is 0.192 e. The summed E-state index contributed by atoms with van der Waals surface area (Å²) in [6.07, 6.45) is 5.11. The number of rotatable bonds is 4. The van der Waals surface area contributed by atoms with Gasteiger partial charge in [0.05, 0.1) is 12.2 Å². The molecule has 0 radical (unpaired) electrons. The van der Waals surface area contributed by atoms with Crippen molar-refractivity contribution >= 4 is 11.6 Å². The van der Waals surface area contributed by atoms with Crippen LogP contribution < -0.4 is 0 Å². The minimum absolute atomic E-state index is 0.0747. The highest BCUT2D eigenvalue weighted by Gasteiger charge is 2.36. The third kappa shape index (κ3) is 1.98. The first-order chi connectivity index (χ1) is 7.09. The second-order valence-corrected chi connectivity index (χ2v) is 4.19. The molecule has 1 aliphatic carbocycles. The summed E-state index contributed by atoms with van der Waals surface area (Å²) in [7, 11) is 1.80. The van der Waals surface area contributed by atoms with Crippen molar-refractivity contribution in [3.63, 3.8) is 0 Å². The van der Waals surface area contributed by atoms with Crippen LogP contribution in [0.4, 0.5) is 0 Å². The molecule has 1 aromatic rings. The van der Waals surface area contributed by atoms with Gasteiger partial charge in [-0.3, -0.25) is 9.59 Å². The Morgan fingerprint density at radius 1 is 1.53 bits per heavy atom. The second-order valence-electron chi connectivity index (χ2n) is 4.19. The number of aromatic nitrogens is 2. The van der Waals surface area contributed by atoms with Crippen LogP contribution in [0.15, 0.2) is 12.5 Å². The molecular weight excluding hydrogens is 192 g/mol. The monoisotopic (exact) mass is 206 g/mol. The van der Waals surface area contributed by atoms with Gasteiger partial charge in [0.25, 0.3) is 0 Å². The fourth-order valence-corrected chi connectivity index (χ4v) is 1.61. The number of aryl methyl sites for hydroxylation is 1. The maximum atomic E-state index is 11.8. The standard InChI is InChI=1S/C11H14N2O2/c1-7(10(14)8-3-4-8)11(15)9-5-13(2)6-12-9/h5-8H,3-4H2,1-2H3. The predicted molar refractivity (Wildman–Crippen MR) is 54.4 cm³/mol. The Bertz CT molecular complexity index is 404. The Balaban J connectivity index is 2.09. The summed E-state index contributed by atoms with van der Waals surface area (Å²) in [6, 6.07) is 0. The lowest BCUT2D eigenvalue weighted by molar-refractivity contribution is -0.122. The molecule has 15 heavy (non-hydrogen) atoms. The highest BCUT2D eigenvalue weighted by atomic mass is 16.2. The molecule has 1 aromatic heterocycles. The number of carbonyl (C=O) groups excluding carboxylic acids is 2. The minimum Gasteiger partial charge on any atom is -0.340 e. The number of Topliss-reactive ketones (excluding diaryl/α,β-unsaturated/α-hetero) is 2. The van der Waals surface area contributed by atoms with Gasteiger partial charge in [0.2, 0.25) is 0 Å². The zero-order valence-corrected chi connectivity index (χ0v) is 8.93. The zero-order chi connectivity index (χ0) is 11.0. The van der Waals surface area contributed by atoms with Gasteiger partial charge in [-0.25, -0.2) is 4.98 Å². The Kier molecular flexibility index (Phi) is 2.42. The lowest BCUT2D eigenvalue weighted by Crippen LogP contribution is -2.22. The van der Waals surface area contributed by atoms with E-state index in [1.54, 1.807) is 31.1 Å². The Morgan fingerprint density at radius 2 is 2.20 bits per heavy atom. The van der Waals surface area contributed by atoms with Crippen molar-refractivity contribution in [3.8, 4) is 0 Å². The van der Waals surface area contributed by atoms with E-state index in [1.165, 1.54) is 0 Å². The van der Waals surface area contributed by atoms with Crippen molar-refractivity contribution in [2.75, 3.05) is 0 Å². The molecule has 2 rings (SSSR count). The van der Waals surface area contributed by atoms with E-state index in [4.69, 9.17) is 0 Å². The zero-order valence-electron chi connectivity index (χ0n) is 8.93. The maximum Gasteiger partial charge on any atom is 0.192 e. The van der Waals surface area contributed by atoms with Crippen LogP contribution >= 0.6 is 0 Å². The summed E-state index contributed by atoms with van der Waals surface area (Å²) in [5.41, 5.74) is 0.388. The third-order valence-electron chi connectivity index (χ3n) is 2.76. The normalized spacial score (nSPS) is 17.5. The van der Waals surface area contributed by atoms with Crippen LogP contribution in [0.25, 0.3) is 0 Å². The number of imidazole rings is 1. The van der Waals surface area contributed by atoms with E-state index in [2.05, 4.69) is 4.98 Å². The molecule has 0 aromatic carbocycles. The van der Waals surface area contributed by atoms with E-state index in [-0.39, 0.29) is 17.5 Å². The van der Waals surface area contributed by atoms with E-state index in [0.29, 0.717) is 5.69 Å². The van der Waals surface area contributed by atoms with Gasteiger partial charge in [0, 0.05) is 19.2 Å². The molecule has 1 aliphatic rings. The van der Waals surface area contributed by atoms with Crippen LogP contribution in [0.3, 0.4) is 0 Å². The summed E-state index contributed by atoms with van der Waals surface area (Å²) in [4.78, 5) is 27.5. The largest absolute Gasteiger partial charge is 0.340 e. The average Bonchev–Trinajstić information content (AvgIpc) is 2.98. The molecule has 0 N–H and O–H groups in total. The maximum absolute atomic E-state index is 11.8. The number of nitrogens with zero attached hydrogens (tertiary/aromatic N) is 2. The predicted octanol–water partition coefficient (Wildman–Crippen LogP) is 1.22. The number of hydrogen-bond donors (Lipinski definition) is 0. The van der Waals surface area contributed by atoms with E-state index >= 15 is 0 Å². The van der Waals surface area contributed by atoms with Gasteiger partial charge in [-0.05, 0) is 19.8 Å². The average molecular weight is 206 g/mol. The van der Waals surface area contributed by atoms with Gasteiger partial charge in [-0.15, -0.1) is 0 Å². The SMILES string of the molecule is CC(C(=O)c1cn(C)cn1)C(=O)C1CC1. The van der Waals surface area contributed by atoms with Gasteiger partial charge in [-0.1, -0.05) is 0 Å². The fraction of sp³-hybridized carbons (Fsp3) is 0.545. The molecule has 0 bridgehead atoms. The second kappa shape index (κ2) is 3.61. The summed E-state index contributed by atoms with van der Waals surface area (Å²) < 4.78 is 1.71. The highest BCUT2D eigenvalue weighted by molar-refractivity contribution is 6.10.